The van der Waals surface area contributed by atoms with E-state index >= 15 is 0 Å². The van der Waals surface area contributed by atoms with Crippen molar-refractivity contribution in [2.45, 2.75) is 45.8 Å². The predicted octanol–water partition coefficient (Wildman–Crippen LogP) is 2.94. The molecule has 5 nitrogen and oxygen atoms in total. The summed E-state index contributed by atoms with van der Waals surface area (Å²) in [6.07, 6.45) is -0.318. The fraction of sp³-hybridized carbons (Fsp3) is 0.529. The second-order valence-electron chi connectivity index (χ2n) is 6.83. The second-order valence-corrected chi connectivity index (χ2v) is 6.83. The quantitative estimate of drug-likeness (QED) is 0.900. The molecule has 1 aliphatic rings. The largest absolute Gasteiger partial charge is 0.444 e. The van der Waals surface area contributed by atoms with Gasteiger partial charge < -0.3 is 15.0 Å². The van der Waals surface area contributed by atoms with Crippen LogP contribution < -0.4 is 5.32 Å². The Morgan fingerprint density at radius 3 is 2.62 bits per heavy atom. The molecule has 0 aliphatic carbocycles. The maximum atomic E-state index is 14.1. The number of alkyl carbamates (subject to hydrolysis) is 1. The van der Waals surface area contributed by atoms with Gasteiger partial charge in [0.15, 0.2) is 0 Å². The van der Waals surface area contributed by atoms with E-state index < -0.39 is 29.4 Å². The molecular weight excluding hydrogens is 318 g/mol. The van der Waals surface area contributed by atoms with Crippen LogP contribution in [0.1, 0.15) is 44.9 Å². The highest BCUT2D eigenvalue weighted by Gasteiger charge is 2.30. The third kappa shape index (κ3) is 4.21. The van der Waals surface area contributed by atoms with Crippen molar-refractivity contribution >= 4 is 12.0 Å². The lowest BCUT2D eigenvalue weighted by molar-refractivity contribution is -0.132. The summed E-state index contributed by atoms with van der Waals surface area (Å²) in [6.45, 7) is 6.95. The Hall–Kier alpha value is -2.18. The van der Waals surface area contributed by atoms with Crippen molar-refractivity contribution in [1.82, 2.24) is 10.2 Å². The Balaban J connectivity index is 2.03. The maximum Gasteiger partial charge on any atom is 0.408 e. The Morgan fingerprint density at radius 2 is 2.00 bits per heavy atom. The highest BCUT2D eigenvalue weighted by atomic mass is 19.1. The lowest BCUT2D eigenvalue weighted by Gasteiger charge is -2.35. The summed E-state index contributed by atoms with van der Waals surface area (Å²) in [5.41, 5.74) is 0.245. The minimum absolute atomic E-state index is 0.239. The highest BCUT2D eigenvalue weighted by Crippen LogP contribution is 2.32. The Kier molecular flexibility index (Phi) is 5.11. The molecule has 0 radical (unpaired) electrons. The number of hydrogen-bond donors (Lipinski definition) is 1. The van der Waals surface area contributed by atoms with Crippen LogP contribution in [0, 0.1) is 11.6 Å². The first-order chi connectivity index (χ1) is 11.1. The van der Waals surface area contributed by atoms with E-state index in [0.29, 0.717) is 24.1 Å². The number of nitrogens with one attached hydrogen (secondary N) is 1. The molecule has 1 atom stereocenters. The van der Waals surface area contributed by atoms with Gasteiger partial charge in [0.1, 0.15) is 23.8 Å². The molecule has 1 aliphatic heterocycles. The van der Waals surface area contributed by atoms with Crippen molar-refractivity contribution in [3.8, 4) is 0 Å². The van der Waals surface area contributed by atoms with Gasteiger partial charge in [-0.15, -0.1) is 0 Å². The molecule has 0 saturated carbocycles. The zero-order valence-electron chi connectivity index (χ0n) is 14.3. The molecule has 1 aromatic rings. The first-order valence-electron chi connectivity index (χ1n) is 7.82. The molecule has 2 rings (SSSR count). The van der Waals surface area contributed by atoms with Crippen molar-refractivity contribution in [1.29, 1.82) is 0 Å². The van der Waals surface area contributed by atoms with E-state index in [1.54, 1.807) is 27.7 Å². The van der Waals surface area contributed by atoms with Gasteiger partial charge >= 0.3 is 6.09 Å². The van der Waals surface area contributed by atoms with Gasteiger partial charge in [-0.25, -0.2) is 13.6 Å². The molecule has 132 valence electrons. The number of rotatable bonds is 2. The minimum atomic E-state index is -0.686. The number of amides is 2. The monoisotopic (exact) mass is 340 g/mol. The van der Waals surface area contributed by atoms with Crippen LogP contribution in [0.4, 0.5) is 13.6 Å². The van der Waals surface area contributed by atoms with Gasteiger partial charge in [-0.2, -0.15) is 0 Å². The molecule has 0 aromatic heterocycles. The van der Waals surface area contributed by atoms with E-state index in [1.165, 1.54) is 11.0 Å². The standard InChI is InChI=1S/C17H22F2N2O3/c1-10-15-11(7-12(18)8-13(15)19)5-6-21(10)14(22)9-20-16(23)24-17(2,3)4/h7-8,10H,5-6,9H2,1-4H3,(H,20,23). The molecule has 24 heavy (non-hydrogen) atoms. The number of nitrogens with zero attached hydrogens (tertiary/aromatic N) is 1. The maximum absolute atomic E-state index is 14.1. The van der Waals surface area contributed by atoms with Gasteiger partial charge in [-0.3, -0.25) is 4.79 Å². The van der Waals surface area contributed by atoms with Gasteiger partial charge in [0.25, 0.3) is 0 Å². The third-order valence-electron chi connectivity index (χ3n) is 3.79. The van der Waals surface area contributed by atoms with E-state index in [1.807, 2.05) is 0 Å². The Bertz CT molecular complexity index is 656. The lowest BCUT2D eigenvalue weighted by atomic mass is 9.92. The van der Waals surface area contributed by atoms with Crippen LogP contribution in [0.5, 0.6) is 0 Å². The summed E-state index contributed by atoms with van der Waals surface area (Å²) < 4.78 is 32.4. The van der Waals surface area contributed by atoms with E-state index in [9.17, 15) is 18.4 Å². The summed E-state index contributed by atoms with van der Waals surface area (Å²) in [7, 11) is 0. The number of benzene rings is 1. The van der Waals surface area contributed by atoms with Crippen LogP contribution in [0.25, 0.3) is 0 Å². The van der Waals surface area contributed by atoms with Crippen LogP contribution >= 0.6 is 0 Å². The van der Waals surface area contributed by atoms with Crippen LogP contribution in [-0.4, -0.2) is 35.6 Å². The molecule has 0 saturated heterocycles. The molecule has 1 N–H and O–H groups in total. The lowest BCUT2D eigenvalue weighted by Crippen LogP contribution is -2.45. The highest BCUT2D eigenvalue weighted by molar-refractivity contribution is 5.83. The molecule has 1 unspecified atom stereocenters. The molecule has 7 heteroatoms. The Labute approximate surface area is 140 Å². The topological polar surface area (TPSA) is 58.6 Å². The zero-order valence-corrected chi connectivity index (χ0v) is 14.3. The van der Waals surface area contributed by atoms with E-state index in [4.69, 9.17) is 4.74 Å². The van der Waals surface area contributed by atoms with Crippen molar-refractivity contribution < 1.29 is 23.1 Å². The number of halogens is 2. The van der Waals surface area contributed by atoms with E-state index in [-0.39, 0.29) is 12.5 Å². The number of carbonyl (C=O) groups is 2. The average molecular weight is 340 g/mol. The summed E-state index contributed by atoms with van der Waals surface area (Å²) >= 11 is 0. The summed E-state index contributed by atoms with van der Waals surface area (Å²) in [5, 5.41) is 2.40. The fourth-order valence-electron chi connectivity index (χ4n) is 2.81. The van der Waals surface area contributed by atoms with Crippen LogP contribution in [-0.2, 0) is 16.0 Å². The van der Waals surface area contributed by atoms with Crippen molar-refractivity contribution in [3.05, 3.63) is 34.9 Å². The smallest absolute Gasteiger partial charge is 0.408 e. The van der Waals surface area contributed by atoms with E-state index in [0.717, 1.165) is 6.07 Å². The predicted molar refractivity (Wildman–Crippen MR) is 84.4 cm³/mol. The Morgan fingerprint density at radius 1 is 1.33 bits per heavy atom. The molecular formula is C17H22F2N2O3. The molecule has 0 fully saturated rings. The number of hydrogen-bond acceptors (Lipinski definition) is 3. The van der Waals surface area contributed by atoms with Crippen molar-refractivity contribution in [2.24, 2.45) is 0 Å². The summed E-state index contributed by atoms with van der Waals surface area (Å²) in [4.78, 5) is 25.4. The second kappa shape index (κ2) is 6.75. The molecule has 2 amide bonds. The average Bonchev–Trinajstić information content (AvgIpc) is 2.42. The van der Waals surface area contributed by atoms with Gasteiger partial charge in [-0.1, -0.05) is 0 Å². The van der Waals surface area contributed by atoms with E-state index in [2.05, 4.69) is 5.32 Å². The zero-order chi connectivity index (χ0) is 18.1. The van der Waals surface area contributed by atoms with Crippen LogP contribution in [0.3, 0.4) is 0 Å². The fourth-order valence-corrected chi connectivity index (χ4v) is 2.81. The van der Waals surface area contributed by atoms with Crippen LogP contribution in [0.15, 0.2) is 12.1 Å². The molecule has 1 heterocycles. The SMILES string of the molecule is CC1c2c(F)cc(F)cc2CCN1C(=O)CNC(=O)OC(C)(C)C. The number of ether oxygens (including phenoxy) is 1. The number of carbonyl (C=O) groups excluding carboxylic acids is 2. The first kappa shape index (κ1) is 18.2. The van der Waals surface area contributed by atoms with Crippen molar-refractivity contribution in [2.75, 3.05) is 13.1 Å². The first-order valence-corrected chi connectivity index (χ1v) is 7.82. The number of fused-ring (bicyclic) bond motifs is 1. The van der Waals surface area contributed by atoms with Gasteiger partial charge in [0.05, 0.1) is 6.04 Å². The normalized spacial score (nSPS) is 17.2. The summed E-state index contributed by atoms with van der Waals surface area (Å²) in [6, 6.07) is 1.60. The van der Waals surface area contributed by atoms with Gasteiger partial charge in [-0.05, 0) is 45.7 Å². The summed E-state index contributed by atoms with van der Waals surface area (Å²) in [5.74, 6) is -1.62. The van der Waals surface area contributed by atoms with Crippen molar-refractivity contribution in [3.63, 3.8) is 0 Å². The van der Waals surface area contributed by atoms with Crippen LogP contribution in [0.2, 0.25) is 0 Å². The van der Waals surface area contributed by atoms with Gasteiger partial charge in [0.2, 0.25) is 5.91 Å². The van der Waals surface area contributed by atoms with Gasteiger partial charge in [0, 0.05) is 18.2 Å². The molecule has 0 bridgehead atoms. The third-order valence-corrected chi connectivity index (χ3v) is 3.79. The molecule has 1 aromatic carbocycles. The molecule has 0 spiro atoms. The minimum Gasteiger partial charge on any atom is -0.444 e.